The third kappa shape index (κ3) is 5.47. The zero-order valence-corrected chi connectivity index (χ0v) is 22.3. The molecule has 1 unspecified atom stereocenters. The summed E-state index contributed by atoms with van der Waals surface area (Å²) in [6.07, 6.45) is 4.14. The van der Waals surface area contributed by atoms with Crippen molar-refractivity contribution in [3.05, 3.63) is 47.8 Å². The van der Waals surface area contributed by atoms with Crippen molar-refractivity contribution in [3.8, 4) is 34.6 Å². The Labute approximate surface area is 223 Å². The van der Waals surface area contributed by atoms with Gasteiger partial charge in [-0.15, -0.1) is 0 Å². The number of hydrogen-bond donors (Lipinski definition) is 2. The number of fused-ring (bicyclic) bond motifs is 1. The van der Waals surface area contributed by atoms with Gasteiger partial charge in [0.15, 0.2) is 17.1 Å². The van der Waals surface area contributed by atoms with Crippen LogP contribution in [0.25, 0.3) is 28.5 Å². The molecule has 0 saturated heterocycles. The van der Waals surface area contributed by atoms with Crippen molar-refractivity contribution in [1.29, 1.82) is 0 Å². The van der Waals surface area contributed by atoms with Gasteiger partial charge in [0.2, 0.25) is 17.1 Å². The van der Waals surface area contributed by atoms with E-state index >= 15 is 0 Å². The summed E-state index contributed by atoms with van der Waals surface area (Å²) in [5.74, 6) is 2.73. The number of para-hydroxylation sites is 1. The standard InChI is InChI=1S/C26H30N6O5S/c1-4-37-22-10-5-7-18(28-22)25-31-24-26(32(25)23-20(35-2)8-6-9-21(23)36-3)30-19(15-27-38(33)34)17(29-24)14-13-16-11-12-16/h5-10,16,27H,4,11-15H2,1-3H3,(H,33,34). The van der Waals surface area contributed by atoms with E-state index in [0.29, 0.717) is 70.5 Å². The normalized spacial score (nSPS) is 14.0. The van der Waals surface area contributed by atoms with Gasteiger partial charge in [0.05, 0.1) is 38.8 Å². The molecule has 1 atom stereocenters. The highest BCUT2D eigenvalue weighted by Gasteiger charge is 2.26. The molecule has 200 valence electrons. The number of nitrogens with one attached hydrogen (secondary N) is 1. The van der Waals surface area contributed by atoms with E-state index in [1.54, 1.807) is 20.3 Å². The highest BCUT2D eigenvalue weighted by Crippen LogP contribution is 2.38. The van der Waals surface area contributed by atoms with Crippen LogP contribution in [0.1, 0.15) is 37.6 Å². The summed E-state index contributed by atoms with van der Waals surface area (Å²) >= 11 is -2.19. The summed E-state index contributed by atoms with van der Waals surface area (Å²) in [6.45, 7) is 2.45. The third-order valence-electron chi connectivity index (χ3n) is 6.37. The highest BCUT2D eigenvalue weighted by molar-refractivity contribution is 7.77. The average Bonchev–Trinajstić information content (AvgIpc) is 3.69. The van der Waals surface area contributed by atoms with Crippen LogP contribution in [0.15, 0.2) is 36.4 Å². The minimum atomic E-state index is -2.19. The van der Waals surface area contributed by atoms with Gasteiger partial charge >= 0.3 is 0 Å². The summed E-state index contributed by atoms with van der Waals surface area (Å²) in [7, 11) is 3.16. The lowest BCUT2D eigenvalue weighted by molar-refractivity contribution is 0.327. The molecule has 0 bridgehead atoms. The van der Waals surface area contributed by atoms with Gasteiger partial charge in [-0.3, -0.25) is 9.12 Å². The van der Waals surface area contributed by atoms with E-state index in [0.717, 1.165) is 12.1 Å². The van der Waals surface area contributed by atoms with E-state index in [4.69, 9.17) is 29.2 Å². The van der Waals surface area contributed by atoms with Crippen LogP contribution in [0.2, 0.25) is 0 Å². The number of pyridine rings is 1. The predicted octanol–water partition coefficient (Wildman–Crippen LogP) is 3.86. The van der Waals surface area contributed by atoms with Gasteiger partial charge in [-0.1, -0.05) is 25.0 Å². The molecule has 1 aliphatic carbocycles. The van der Waals surface area contributed by atoms with Crippen molar-refractivity contribution in [1.82, 2.24) is 29.2 Å². The Morgan fingerprint density at radius 1 is 1.03 bits per heavy atom. The molecular weight excluding hydrogens is 508 g/mol. The van der Waals surface area contributed by atoms with Gasteiger partial charge in [0.25, 0.3) is 0 Å². The molecule has 1 aliphatic rings. The molecule has 0 amide bonds. The summed E-state index contributed by atoms with van der Waals surface area (Å²) in [5.41, 5.74) is 3.35. The number of imidazole rings is 1. The van der Waals surface area contributed by atoms with Gasteiger partial charge < -0.3 is 14.2 Å². The maximum atomic E-state index is 11.4. The average molecular weight is 539 g/mol. The molecule has 38 heavy (non-hydrogen) atoms. The largest absolute Gasteiger partial charge is 0.494 e. The maximum absolute atomic E-state index is 11.4. The lowest BCUT2D eigenvalue weighted by Crippen LogP contribution is -2.19. The van der Waals surface area contributed by atoms with Crippen LogP contribution in [-0.2, 0) is 24.2 Å². The fourth-order valence-corrected chi connectivity index (χ4v) is 4.64. The van der Waals surface area contributed by atoms with E-state index in [1.807, 2.05) is 41.8 Å². The number of benzene rings is 1. The summed E-state index contributed by atoms with van der Waals surface area (Å²) < 4.78 is 42.2. The zero-order valence-electron chi connectivity index (χ0n) is 21.5. The van der Waals surface area contributed by atoms with Gasteiger partial charge in [0, 0.05) is 6.07 Å². The van der Waals surface area contributed by atoms with Crippen LogP contribution in [-0.4, -0.2) is 54.1 Å². The summed E-state index contributed by atoms with van der Waals surface area (Å²) in [5, 5.41) is 0. The van der Waals surface area contributed by atoms with Crippen LogP contribution < -0.4 is 18.9 Å². The molecule has 5 rings (SSSR count). The fourth-order valence-electron chi connectivity index (χ4n) is 4.38. The number of aryl methyl sites for hydroxylation is 1. The number of aromatic nitrogens is 5. The Bertz CT molecular complexity index is 1450. The summed E-state index contributed by atoms with van der Waals surface area (Å²) in [4.78, 5) is 19.4. The minimum absolute atomic E-state index is 0.0771. The molecule has 0 aliphatic heterocycles. The highest BCUT2D eigenvalue weighted by atomic mass is 32.2. The smallest absolute Gasteiger partial charge is 0.232 e. The number of methoxy groups -OCH3 is 2. The van der Waals surface area contributed by atoms with Crippen molar-refractivity contribution in [2.75, 3.05) is 20.8 Å². The molecule has 12 heteroatoms. The number of nitrogens with zero attached hydrogens (tertiary/aromatic N) is 5. The first kappa shape index (κ1) is 26.0. The van der Waals surface area contributed by atoms with Crippen LogP contribution >= 0.6 is 0 Å². The molecular formula is C26H30N6O5S. The Morgan fingerprint density at radius 2 is 1.76 bits per heavy atom. The van der Waals surface area contributed by atoms with E-state index in [9.17, 15) is 8.76 Å². The first-order valence-corrected chi connectivity index (χ1v) is 13.6. The summed E-state index contributed by atoms with van der Waals surface area (Å²) in [6, 6.07) is 11.0. The molecule has 0 radical (unpaired) electrons. The lowest BCUT2D eigenvalue weighted by atomic mass is 10.1. The van der Waals surface area contributed by atoms with E-state index in [1.165, 1.54) is 12.8 Å². The van der Waals surface area contributed by atoms with E-state index in [2.05, 4.69) is 9.71 Å². The van der Waals surface area contributed by atoms with Crippen molar-refractivity contribution in [2.24, 2.45) is 5.92 Å². The minimum Gasteiger partial charge on any atom is -0.494 e. The van der Waals surface area contributed by atoms with Crippen LogP contribution in [0.3, 0.4) is 0 Å². The second-order valence-electron chi connectivity index (χ2n) is 8.89. The molecule has 1 fully saturated rings. The molecule has 3 heterocycles. The van der Waals surface area contributed by atoms with Gasteiger partial charge in [0.1, 0.15) is 22.9 Å². The monoisotopic (exact) mass is 538 g/mol. The van der Waals surface area contributed by atoms with Crippen molar-refractivity contribution < 1.29 is 23.0 Å². The number of hydrogen-bond acceptors (Lipinski definition) is 8. The number of rotatable bonds is 12. The first-order chi connectivity index (χ1) is 18.5. The SMILES string of the molecule is CCOc1cccc(-c2nc3nc(CCC4CC4)c(CNS(=O)O)nc3n2-c2c(OC)cccc2OC)n1. The van der Waals surface area contributed by atoms with E-state index in [-0.39, 0.29) is 6.54 Å². The molecule has 11 nitrogen and oxygen atoms in total. The van der Waals surface area contributed by atoms with Crippen LogP contribution in [0.4, 0.5) is 0 Å². The quantitative estimate of drug-likeness (QED) is 0.258. The molecule has 1 aromatic carbocycles. The number of ether oxygens (including phenoxy) is 3. The molecule has 2 N–H and O–H groups in total. The Morgan fingerprint density at radius 3 is 2.42 bits per heavy atom. The van der Waals surface area contributed by atoms with Gasteiger partial charge in [-0.05, 0) is 43.9 Å². The maximum Gasteiger partial charge on any atom is 0.232 e. The van der Waals surface area contributed by atoms with Gasteiger partial charge in [-0.25, -0.2) is 28.9 Å². The second kappa shape index (κ2) is 11.4. The Kier molecular flexibility index (Phi) is 7.82. The lowest BCUT2D eigenvalue weighted by Gasteiger charge is -2.16. The van der Waals surface area contributed by atoms with Crippen molar-refractivity contribution in [2.45, 2.75) is 39.2 Å². The van der Waals surface area contributed by atoms with Gasteiger partial charge in [-0.2, -0.15) is 0 Å². The van der Waals surface area contributed by atoms with Crippen molar-refractivity contribution in [3.63, 3.8) is 0 Å². The second-order valence-corrected chi connectivity index (χ2v) is 9.68. The zero-order chi connectivity index (χ0) is 26.6. The van der Waals surface area contributed by atoms with E-state index < -0.39 is 11.3 Å². The third-order valence-corrected chi connectivity index (χ3v) is 6.76. The predicted molar refractivity (Wildman–Crippen MR) is 143 cm³/mol. The Balaban J connectivity index is 1.77. The van der Waals surface area contributed by atoms with Crippen LogP contribution in [0, 0.1) is 5.92 Å². The Hall–Kier alpha value is -3.61. The van der Waals surface area contributed by atoms with Crippen molar-refractivity contribution >= 4 is 22.6 Å². The molecule has 1 saturated carbocycles. The first-order valence-electron chi connectivity index (χ1n) is 12.5. The van der Waals surface area contributed by atoms with Crippen LogP contribution in [0.5, 0.6) is 17.4 Å². The molecule has 0 spiro atoms. The fraction of sp³-hybridized carbons (Fsp3) is 0.385. The molecule has 3 aromatic heterocycles. The topological polar surface area (TPSA) is 134 Å². The molecule has 4 aromatic rings.